The number of nitrogens with zero attached hydrogens (tertiary/aromatic N) is 1. The quantitative estimate of drug-likeness (QED) is 0.809. The molecule has 2 heterocycles. The van der Waals surface area contributed by atoms with E-state index in [2.05, 4.69) is 39.8 Å². The van der Waals surface area contributed by atoms with Crippen LogP contribution in [0.2, 0.25) is 0 Å². The van der Waals surface area contributed by atoms with Crippen LogP contribution in [0.15, 0.2) is 24.3 Å². The van der Waals surface area contributed by atoms with E-state index in [9.17, 15) is 4.79 Å². The summed E-state index contributed by atoms with van der Waals surface area (Å²) in [6.45, 7) is 6.20. The summed E-state index contributed by atoms with van der Waals surface area (Å²) in [6, 6.07) is 8.83. The Balaban J connectivity index is 1.44. The van der Waals surface area contributed by atoms with E-state index in [4.69, 9.17) is 4.74 Å². The molecular weight excluding hydrogens is 322 g/mol. The first-order valence-electron chi connectivity index (χ1n) is 8.75. The van der Waals surface area contributed by atoms with Crippen LogP contribution in [0.3, 0.4) is 0 Å². The first-order valence-corrected chi connectivity index (χ1v) is 9.91. The minimum Gasteiger partial charge on any atom is -0.379 e. The second-order valence-electron chi connectivity index (χ2n) is 6.42. The van der Waals surface area contributed by atoms with Gasteiger partial charge in [-0.25, -0.2) is 0 Å². The molecule has 24 heavy (non-hydrogen) atoms. The molecular formula is C18H27N3O2S. The molecule has 2 aliphatic rings. The molecule has 1 amide bonds. The molecule has 1 aromatic carbocycles. The summed E-state index contributed by atoms with van der Waals surface area (Å²) in [4.78, 5) is 14.5. The van der Waals surface area contributed by atoms with Crippen LogP contribution in [0.4, 0.5) is 0 Å². The molecule has 1 unspecified atom stereocenters. The van der Waals surface area contributed by atoms with Gasteiger partial charge in [-0.1, -0.05) is 24.3 Å². The lowest BCUT2D eigenvalue weighted by atomic mass is 10.1. The predicted octanol–water partition coefficient (Wildman–Crippen LogP) is 1.23. The third-order valence-electron chi connectivity index (χ3n) is 4.42. The third kappa shape index (κ3) is 5.77. The van der Waals surface area contributed by atoms with Crippen molar-refractivity contribution in [2.24, 2.45) is 0 Å². The number of benzene rings is 1. The van der Waals surface area contributed by atoms with Gasteiger partial charge in [-0.15, -0.1) is 0 Å². The van der Waals surface area contributed by atoms with Gasteiger partial charge in [-0.3, -0.25) is 9.69 Å². The highest BCUT2D eigenvalue weighted by molar-refractivity contribution is 7.99. The lowest BCUT2D eigenvalue weighted by Gasteiger charge is -2.26. The minimum absolute atomic E-state index is 0.133. The second-order valence-corrected chi connectivity index (χ2v) is 7.57. The zero-order chi connectivity index (χ0) is 16.6. The van der Waals surface area contributed by atoms with Gasteiger partial charge in [0, 0.05) is 56.7 Å². The third-order valence-corrected chi connectivity index (χ3v) is 5.55. The Bertz CT molecular complexity index is 529. The summed E-state index contributed by atoms with van der Waals surface area (Å²) < 4.78 is 5.39. The Kier molecular flexibility index (Phi) is 6.96. The molecule has 0 aromatic heterocycles. The molecule has 3 rings (SSSR count). The molecule has 0 saturated carbocycles. The zero-order valence-corrected chi connectivity index (χ0v) is 14.9. The first kappa shape index (κ1) is 17.7. The fourth-order valence-electron chi connectivity index (χ4n) is 3.10. The molecule has 6 heteroatoms. The highest BCUT2D eigenvalue weighted by Crippen LogP contribution is 2.12. The van der Waals surface area contributed by atoms with Crippen LogP contribution >= 0.6 is 11.8 Å². The van der Waals surface area contributed by atoms with Crippen LogP contribution in [0.25, 0.3) is 0 Å². The molecule has 2 fully saturated rings. The van der Waals surface area contributed by atoms with Crippen molar-refractivity contribution in [3.63, 3.8) is 0 Å². The number of thioether (sulfide) groups is 1. The number of amides is 1. The van der Waals surface area contributed by atoms with Crippen molar-refractivity contribution in [3.8, 4) is 0 Å². The van der Waals surface area contributed by atoms with Crippen LogP contribution in [-0.4, -0.2) is 61.2 Å². The van der Waals surface area contributed by atoms with E-state index in [0.29, 0.717) is 19.0 Å². The second kappa shape index (κ2) is 9.42. The Hall–Kier alpha value is -1.08. The number of nitrogens with one attached hydrogen (secondary N) is 2. The zero-order valence-electron chi connectivity index (χ0n) is 14.1. The molecule has 0 radical (unpaired) electrons. The van der Waals surface area contributed by atoms with E-state index in [0.717, 1.165) is 50.9 Å². The number of morpholine rings is 1. The molecule has 0 aliphatic carbocycles. The number of ether oxygens (including phenoxy) is 1. The molecule has 1 aromatic rings. The Morgan fingerprint density at radius 2 is 2.17 bits per heavy atom. The fourth-order valence-corrected chi connectivity index (χ4v) is 4.05. The summed E-state index contributed by atoms with van der Waals surface area (Å²) in [6.07, 6.45) is 0.570. The van der Waals surface area contributed by atoms with Gasteiger partial charge in [-0.2, -0.15) is 11.8 Å². The van der Waals surface area contributed by atoms with E-state index < -0.39 is 0 Å². The summed E-state index contributed by atoms with van der Waals surface area (Å²) in [7, 11) is 0. The Morgan fingerprint density at radius 1 is 1.33 bits per heavy atom. The van der Waals surface area contributed by atoms with E-state index in [1.54, 1.807) is 0 Å². The van der Waals surface area contributed by atoms with Gasteiger partial charge < -0.3 is 15.4 Å². The molecule has 132 valence electrons. The average Bonchev–Trinajstić information content (AvgIpc) is 2.62. The van der Waals surface area contributed by atoms with Crippen LogP contribution in [0.1, 0.15) is 17.5 Å². The van der Waals surface area contributed by atoms with Crippen molar-refractivity contribution >= 4 is 17.7 Å². The van der Waals surface area contributed by atoms with Gasteiger partial charge in [0.2, 0.25) is 5.91 Å². The minimum atomic E-state index is 0.133. The molecule has 2 N–H and O–H groups in total. The number of hydrogen-bond donors (Lipinski definition) is 2. The van der Waals surface area contributed by atoms with Crippen LogP contribution < -0.4 is 10.6 Å². The Morgan fingerprint density at radius 3 is 2.96 bits per heavy atom. The van der Waals surface area contributed by atoms with Crippen molar-refractivity contribution in [1.82, 2.24) is 15.5 Å². The number of carbonyl (C=O) groups is 1. The fraction of sp³-hybridized carbons (Fsp3) is 0.611. The lowest BCUT2D eigenvalue weighted by Crippen LogP contribution is -2.41. The monoisotopic (exact) mass is 349 g/mol. The summed E-state index contributed by atoms with van der Waals surface area (Å²) in [5.74, 6) is 2.31. The summed E-state index contributed by atoms with van der Waals surface area (Å²) in [5.41, 5.74) is 2.47. The lowest BCUT2D eigenvalue weighted by molar-refractivity contribution is -0.121. The van der Waals surface area contributed by atoms with Gasteiger partial charge in [0.1, 0.15) is 0 Å². The van der Waals surface area contributed by atoms with E-state index in [1.165, 1.54) is 11.1 Å². The molecule has 2 aliphatic heterocycles. The number of carbonyl (C=O) groups excluding carboxylic acids is 1. The van der Waals surface area contributed by atoms with Gasteiger partial charge in [0.15, 0.2) is 0 Å². The van der Waals surface area contributed by atoms with Gasteiger partial charge in [0.05, 0.1) is 13.2 Å². The standard InChI is InChI=1S/C18H27N3O2S/c22-18(11-17-14-24-9-4-19-17)20-12-15-2-1-3-16(10-15)13-21-5-7-23-8-6-21/h1-3,10,17,19H,4-9,11-14H2,(H,20,22). The smallest absolute Gasteiger partial charge is 0.221 e. The molecule has 5 nitrogen and oxygen atoms in total. The molecule has 1 atom stereocenters. The van der Waals surface area contributed by atoms with Crippen LogP contribution in [-0.2, 0) is 22.6 Å². The van der Waals surface area contributed by atoms with E-state index >= 15 is 0 Å². The molecule has 2 saturated heterocycles. The van der Waals surface area contributed by atoms with E-state index in [-0.39, 0.29) is 5.91 Å². The number of hydrogen-bond acceptors (Lipinski definition) is 5. The SMILES string of the molecule is O=C(CC1CSCCN1)NCc1cccc(CN2CCOCC2)c1. The van der Waals surface area contributed by atoms with Gasteiger partial charge in [0.25, 0.3) is 0 Å². The topological polar surface area (TPSA) is 53.6 Å². The summed E-state index contributed by atoms with van der Waals surface area (Å²) >= 11 is 1.92. The largest absolute Gasteiger partial charge is 0.379 e. The molecule has 0 bridgehead atoms. The maximum atomic E-state index is 12.1. The maximum absolute atomic E-state index is 12.1. The van der Waals surface area contributed by atoms with E-state index in [1.807, 2.05) is 11.8 Å². The van der Waals surface area contributed by atoms with Crippen LogP contribution in [0.5, 0.6) is 0 Å². The highest BCUT2D eigenvalue weighted by Gasteiger charge is 2.16. The van der Waals surface area contributed by atoms with Crippen molar-refractivity contribution < 1.29 is 9.53 Å². The normalized spacial score (nSPS) is 22.2. The van der Waals surface area contributed by atoms with Gasteiger partial charge >= 0.3 is 0 Å². The maximum Gasteiger partial charge on any atom is 0.221 e. The predicted molar refractivity (Wildman–Crippen MR) is 98.1 cm³/mol. The Labute approximate surface area is 148 Å². The van der Waals surface area contributed by atoms with Crippen LogP contribution in [0, 0.1) is 0 Å². The summed E-state index contributed by atoms with van der Waals surface area (Å²) in [5, 5.41) is 6.46. The van der Waals surface area contributed by atoms with Gasteiger partial charge in [-0.05, 0) is 11.1 Å². The average molecular weight is 350 g/mol. The first-order chi connectivity index (χ1) is 11.8. The molecule has 0 spiro atoms. The number of rotatable bonds is 6. The van der Waals surface area contributed by atoms with Crippen molar-refractivity contribution in [1.29, 1.82) is 0 Å². The van der Waals surface area contributed by atoms with Crippen molar-refractivity contribution in [3.05, 3.63) is 35.4 Å². The van der Waals surface area contributed by atoms with Crippen molar-refractivity contribution in [2.45, 2.75) is 25.6 Å². The van der Waals surface area contributed by atoms with Crippen molar-refractivity contribution in [2.75, 3.05) is 44.4 Å². The highest BCUT2D eigenvalue weighted by atomic mass is 32.2.